The standard InChI is InChI=1S/C15H15BNO/c1-3-7-14-12(5-1)11-13-6-2-4-8-15(13)16(14)17-9-10-18-16/h1-8,17H,9-11H2/q-1. The van der Waals surface area contributed by atoms with Gasteiger partial charge < -0.3 is 9.88 Å². The second-order valence-electron chi connectivity index (χ2n) is 5.19. The summed E-state index contributed by atoms with van der Waals surface area (Å²) in [6.45, 7) is 0.551. The number of fused-ring (bicyclic) bond motifs is 4. The smallest absolute Gasteiger partial charge is 0.239 e. The first-order chi connectivity index (χ1) is 8.90. The fraction of sp³-hybridized carbons (Fsp3) is 0.200. The Morgan fingerprint density at radius 1 is 0.889 bits per heavy atom. The normalized spacial score (nSPS) is 19.6. The molecular weight excluding hydrogens is 221 g/mol. The van der Waals surface area contributed by atoms with Crippen LogP contribution in [0.25, 0.3) is 0 Å². The predicted octanol–water partition coefficient (Wildman–Crippen LogP) is 0.767. The summed E-state index contributed by atoms with van der Waals surface area (Å²) in [5, 5.41) is 3.62. The lowest BCUT2D eigenvalue weighted by Crippen LogP contribution is -2.70. The fourth-order valence-corrected chi connectivity index (χ4v) is 3.51. The molecule has 18 heavy (non-hydrogen) atoms. The summed E-state index contributed by atoms with van der Waals surface area (Å²) >= 11 is 0. The van der Waals surface area contributed by atoms with E-state index >= 15 is 0 Å². The van der Waals surface area contributed by atoms with E-state index in [0.717, 1.165) is 19.6 Å². The molecule has 2 nitrogen and oxygen atoms in total. The summed E-state index contributed by atoms with van der Waals surface area (Å²) in [4.78, 5) is 0. The highest BCUT2D eigenvalue weighted by molar-refractivity contribution is 6.96. The zero-order valence-corrected chi connectivity index (χ0v) is 10.2. The van der Waals surface area contributed by atoms with E-state index in [4.69, 9.17) is 4.65 Å². The van der Waals surface area contributed by atoms with E-state index in [1.54, 1.807) is 0 Å². The Morgan fingerprint density at radius 3 is 2.06 bits per heavy atom. The number of nitrogens with one attached hydrogen (secondary N) is 1. The minimum atomic E-state index is -1.18. The zero-order valence-electron chi connectivity index (χ0n) is 10.2. The van der Waals surface area contributed by atoms with Gasteiger partial charge in [-0.05, 0) is 13.0 Å². The minimum Gasteiger partial charge on any atom is -0.570 e. The Bertz CT molecular complexity index is 557. The van der Waals surface area contributed by atoms with Crippen molar-refractivity contribution in [1.82, 2.24) is 5.23 Å². The molecule has 0 unspecified atom stereocenters. The number of hydrogen-bond acceptors (Lipinski definition) is 2. The third-order valence-corrected chi connectivity index (χ3v) is 4.27. The van der Waals surface area contributed by atoms with E-state index < -0.39 is 6.48 Å². The van der Waals surface area contributed by atoms with Crippen LogP contribution in [0.15, 0.2) is 48.5 Å². The average Bonchev–Trinajstić information content (AvgIpc) is 2.90. The molecule has 1 fully saturated rings. The Morgan fingerprint density at radius 2 is 1.50 bits per heavy atom. The molecule has 90 valence electrons. The van der Waals surface area contributed by atoms with Crippen LogP contribution in [0.3, 0.4) is 0 Å². The van der Waals surface area contributed by atoms with Crippen molar-refractivity contribution >= 4 is 17.4 Å². The van der Waals surface area contributed by atoms with Crippen molar-refractivity contribution in [3.63, 3.8) is 0 Å². The lowest BCUT2D eigenvalue weighted by Gasteiger charge is -2.44. The van der Waals surface area contributed by atoms with E-state index in [0.29, 0.717) is 0 Å². The van der Waals surface area contributed by atoms with Crippen LogP contribution >= 0.6 is 0 Å². The summed E-state index contributed by atoms with van der Waals surface area (Å²) in [6, 6.07) is 17.3. The molecule has 4 rings (SSSR count). The van der Waals surface area contributed by atoms with Crippen LogP contribution in [0, 0.1) is 0 Å². The van der Waals surface area contributed by atoms with Gasteiger partial charge in [-0.3, -0.25) is 0 Å². The van der Waals surface area contributed by atoms with Crippen molar-refractivity contribution in [2.45, 2.75) is 6.42 Å². The number of rotatable bonds is 0. The van der Waals surface area contributed by atoms with Gasteiger partial charge in [0.15, 0.2) is 0 Å². The van der Waals surface area contributed by atoms with Crippen molar-refractivity contribution in [3.05, 3.63) is 59.7 Å². The van der Waals surface area contributed by atoms with Gasteiger partial charge in [0.2, 0.25) is 6.48 Å². The Balaban J connectivity index is 2.01. The van der Waals surface area contributed by atoms with Crippen LogP contribution in [0.4, 0.5) is 0 Å². The largest absolute Gasteiger partial charge is 0.570 e. The first-order valence-corrected chi connectivity index (χ1v) is 6.61. The molecule has 1 spiro atoms. The molecule has 2 aromatic carbocycles. The first kappa shape index (κ1) is 10.4. The maximum absolute atomic E-state index is 6.19. The van der Waals surface area contributed by atoms with Gasteiger partial charge in [0.25, 0.3) is 0 Å². The maximum Gasteiger partial charge on any atom is 0.239 e. The molecule has 3 heteroatoms. The highest BCUT2D eigenvalue weighted by atomic mass is 16.5. The highest BCUT2D eigenvalue weighted by Crippen LogP contribution is 2.20. The molecular formula is C15H15BNO-. The van der Waals surface area contributed by atoms with Crippen LogP contribution in [0.5, 0.6) is 0 Å². The lowest BCUT2D eigenvalue weighted by atomic mass is 9.38. The van der Waals surface area contributed by atoms with E-state index in [1.807, 2.05) is 0 Å². The molecule has 2 aromatic rings. The van der Waals surface area contributed by atoms with Crippen LogP contribution in [-0.4, -0.2) is 19.6 Å². The molecule has 0 aromatic heterocycles. The summed E-state index contributed by atoms with van der Waals surface area (Å²) in [7, 11) is 0. The third kappa shape index (κ3) is 1.26. The van der Waals surface area contributed by atoms with Gasteiger partial charge in [-0.2, -0.15) is 10.9 Å². The van der Waals surface area contributed by atoms with Crippen LogP contribution in [0.1, 0.15) is 11.1 Å². The molecule has 0 radical (unpaired) electrons. The van der Waals surface area contributed by atoms with Crippen molar-refractivity contribution in [1.29, 1.82) is 0 Å². The van der Waals surface area contributed by atoms with E-state index in [9.17, 15) is 0 Å². The van der Waals surface area contributed by atoms with E-state index in [2.05, 4.69) is 53.8 Å². The van der Waals surface area contributed by atoms with Crippen LogP contribution in [-0.2, 0) is 11.1 Å². The lowest BCUT2D eigenvalue weighted by molar-refractivity contribution is 0.366. The molecule has 2 heterocycles. The highest BCUT2D eigenvalue weighted by Gasteiger charge is 2.37. The summed E-state index contributed by atoms with van der Waals surface area (Å²) < 4.78 is 6.19. The van der Waals surface area contributed by atoms with Crippen LogP contribution < -0.4 is 16.2 Å². The van der Waals surface area contributed by atoms with Gasteiger partial charge in [0.1, 0.15) is 0 Å². The van der Waals surface area contributed by atoms with Crippen molar-refractivity contribution in [2.24, 2.45) is 0 Å². The zero-order chi connectivity index (χ0) is 12.0. The summed E-state index contributed by atoms with van der Waals surface area (Å²) in [5.41, 5.74) is 5.47. The van der Waals surface area contributed by atoms with Gasteiger partial charge in [-0.25, -0.2) is 0 Å². The van der Waals surface area contributed by atoms with Crippen LogP contribution in [0.2, 0.25) is 0 Å². The van der Waals surface area contributed by atoms with Gasteiger partial charge in [-0.15, -0.1) is 0 Å². The van der Waals surface area contributed by atoms with Crippen molar-refractivity contribution in [3.8, 4) is 0 Å². The van der Waals surface area contributed by atoms with Gasteiger partial charge in [0.05, 0.1) is 0 Å². The second kappa shape index (κ2) is 3.71. The third-order valence-electron chi connectivity index (χ3n) is 4.27. The van der Waals surface area contributed by atoms with Gasteiger partial charge in [0, 0.05) is 6.61 Å². The summed E-state index contributed by atoms with van der Waals surface area (Å²) in [5.74, 6) is 0. The molecule has 2 aliphatic heterocycles. The Labute approximate surface area is 107 Å². The predicted molar refractivity (Wildman–Crippen MR) is 74.7 cm³/mol. The maximum atomic E-state index is 6.19. The topological polar surface area (TPSA) is 21.3 Å². The average molecular weight is 236 g/mol. The quantitative estimate of drug-likeness (QED) is 0.682. The summed E-state index contributed by atoms with van der Waals surface area (Å²) in [6.07, 6.45) is 1.01. The molecule has 1 N–H and O–H groups in total. The molecule has 0 aliphatic carbocycles. The monoisotopic (exact) mass is 236 g/mol. The fourth-order valence-electron chi connectivity index (χ4n) is 3.51. The Hall–Kier alpha value is -1.58. The first-order valence-electron chi connectivity index (χ1n) is 6.61. The van der Waals surface area contributed by atoms with Gasteiger partial charge >= 0.3 is 0 Å². The molecule has 2 aliphatic rings. The molecule has 1 saturated heterocycles. The second-order valence-corrected chi connectivity index (χ2v) is 5.19. The molecule has 0 bridgehead atoms. The SMILES string of the molecule is c1ccc2c(c1)Cc1ccccc1[B-]21NCCO1. The molecule has 0 saturated carbocycles. The van der Waals surface area contributed by atoms with Crippen molar-refractivity contribution < 1.29 is 4.65 Å². The van der Waals surface area contributed by atoms with E-state index in [-0.39, 0.29) is 0 Å². The van der Waals surface area contributed by atoms with Gasteiger partial charge in [-0.1, -0.05) is 59.7 Å². The van der Waals surface area contributed by atoms with Crippen molar-refractivity contribution in [2.75, 3.05) is 13.2 Å². The van der Waals surface area contributed by atoms with E-state index in [1.165, 1.54) is 22.1 Å². The number of hydrogen-bond donors (Lipinski definition) is 1. The Kier molecular flexibility index (Phi) is 2.13. The molecule has 0 amide bonds. The minimum absolute atomic E-state index is 0.794. The number of benzene rings is 2. The molecule has 0 atom stereocenters.